The van der Waals surface area contributed by atoms with Gasteiger partial charge < -0.3 is 5.73 Å². The van der Waals surface area contributed by atoms with Crippen LogP contribution >= 0.6 is 0 Å². The van der Waals surface area contributed by atoms with Crippen molar-refractivity contribution in [3.8, 4) is 0 Å². The van der Waals surface area contributed by atoms with Crippen molar-refractivity contribution in [1.82, 2.24) is 0 Å². The quantitative estimate of drug-likeness (QED) is 0.691. The maximum atomic E-state index is 6.24. The van der Waals surface area contributed by atoms with Crippen molar-refractivity contribution in [2.75, 3.05) is 0 Å². The highest BCUT2D eigenvalue weighted by Gasteiger charge is 2.42. The fraction of sp³-hybridized carbons (Fsp3) is 0.500. The molecule has 0 amide bonds. The van der Waals surface area contributed by atoms with Crippen LogP contribution in [0.3, 0.4) is 0 Å². The summed E-state index contributed by atoms with van der Waals surface area (Å²) in [7, 11) is 0. The normalized spacial score (nSPS) is 22.8. The molecule has 2 N–H and O–H groups in total. The third-order valence-electron chi connectivity index (χ3n) is 3.47. The Morgan fingerprint density at radius 2 is 2.00 bits per heavy atom. The average Bonchev–Trinajstić information content (AvgIpc) is 2.72. The first-order valence-electron chi connectivity index (χ1n) is 5.20. The van der Waals surface area contributed by atoms with Gasteiger partial charge >= 0.3 is 0 Å². The van der Waals surface area contributed by atoms with Gasteiger partial charge in [-0.25, -0.2) is 0 Å². The van der Waals surface area contributed by atoms with E-state index in [4.69, 9.17) is 5.73 Å². The Balaban J connectivity index is 2.15. The zero-order chi connectivity index (χ0) is 8.89. The number of rotatable bonds is 1. The molecule has 13 heavy (non-hydrogen) atoms. The predicted molar refractivity (Wildman–Crippen MR) is 53.6 cm³/mol. The standard InChI is InChI=1S/C12H15N/c13-12(7-8-12)11-6-2-4-9-3-1-5-10(9)11/h2,4,6H,1,3,5,7-8,13H2. The van der Waals surface area contributed by atoms with Crippen molar-refractivity contribution in [2.24, 2.45) is 5.73 Å². The van der Waals surface area contributed by atoms with Gasteiger partial charge in [0.05, 0.1) is 0 Å². The SMILES string of the molecule is NC1(c2cccc3c2CCC3)CC1. The maximum Gasteiger partial charge on any atom is 0.0414 e. The van der Waals surface area contributed by atoms with E-state index < -0.39 is 0 Å². The molecule has 0 unspecified atom stereocenters. The molecule has 1 saturated carbocycles. The molecule has 2 aliphatic carbocycles. The Kier molecular flexibility index (Phi) is 1.37. The Morgan fingerprint density at radius 1 is 1.15 bits per heavy atom. The summed E-state index contributed by atoms with van der Waals surface area (Å²) >= 11 is 0. The maximum absolute atomic E-state index is 6.24. The van der Waals surface area contributed by atoms with E-state index in [1.807, 2.05) is 0 Å². The largest absolute Gasteiger partial charge is 0.321 e. The van der Waals surface area contributed by atoms with Crippen molar-refractivity contribution in [1.29, 1.82) is 0 Å². The molecule has 1 nitrogen and oxygen atoms in total. The molecule has 1 heteroatoms. The molecule has 0 saturated heterocycles. The van der Waals surface area contributed by atoms with Gasteiger partial charge in [-0.3, -0.25) is 0 Å². The lowest BCUT2D eigenvalue weighted by Crippen LogP contribution is -2.20. The molecule has 0 atom stereocenters. The van der Waals surface area contributed by atoms with Crippen LogP contribution in [0.2, 0.25) is 0 Å². The van der Waals surface area contributed by atoms with Gasteiger partial charge in [0.2, 0.25) is 0 Å². The second kappa shape index (κ2) is 2.36. The molecule has 0 heterocycles. The minimum Gasteiger partial charge on any atom is -0.321 e. The number of nitrogens with two attached hydrogens (primary N) is 1. The van der Waals surface area contributed by atoms with E-state index in [0.29, 0.717) is 0 Å². The zero-order valence-corrected chi connectivity index (χ0v) is 7.84. The fourth-order valence-corrected chi connectivity index (χ4v) is 2.49. The monoisotopic (exact) mass is 173 g/mol. The van der Waals surface area contributed by atoms with E-state index >= 15 is 0 Å². The fourth-order valence-electron chi connectivity index (χ4n) is 2.49. The first kappa shape index (κ1) is 7.57. The summed E-state index contributed by atoms with van der Waals surface area (Å²) in [6, 6.07) is 6.67. The second-order valence-electron chi connectivity index (χ2n) is 4.45. The van der Waals surface area contributed by atoms with Crippen LogP contribution in [-0.2, 0) is 18.4 Å². The minimum atomic E-state index is 0.0652. The lowest BCUT2D eigenvalue weighted by Gasteiger charge is -2.14. The molecule has 3 rings (SSSR count). The molecule has 0 bridgehead atoms. The van der Waals surface area contributed by atoms with Crippen molar-refractivity contribution < 1.29 is 0 Å². The smallest absolute Gasteiger partial charge is 0.0414 e. The molecule has 1 aromatic carbocycles. The third-order valence-corrected chi connectivity index (χ3v) is 3.47. The van der Waals surface area contributed by atoms with E-state index in [1.54, 1.807) is 11.1 Å². The van der Waals surface area contributed by atoms with Crippen LogP contribution in [-0.4, -0.2) is 0 Å². The Morgan fingerprint density at radius 3 is 2.77 bits per heavy atom. The van der Waals surface area contributed by atoms with Crippen LogP contribution in [0.25, 0.3) is 0 Å². The number of aryl methyl sites for hydroxylation is 1. The Bertz CT molecular complexity index is 350. The Hall–Kier alpha value is -0.820. The molecule has 0 spiro atoms. The Labute approximate surface area is 78.9 Å². The molecule has 1 aromatic rings. The van der Waals surface area contributed by atoms with Gasteiger partial charge in [0.1, 0.15) is 0 Å². The molecule has 1 fully saturated rings. The van der Waals surface area contributed by atoms with Gasteiger partial charge in [-0.05, 0) is 48.8 Å². The lowest BCUT2D eigenvalue weighted by atomic mass is 9.96. The van der Waals surface area contributed by atoms with Crippen LogP contribution in [0.15, 0.2) is 18.2 Å². The summed E-state index contributed by atoms with van der Waals surface area (Å²) in [6.07, 6.45) is 6.21. The van der Waals surface area contributed by atoms with Gasteiger partial charge in [-0.2, -0.15) is 0 Å². The van der Waals surface area contributed by atoms with Gasteiger partial charge in [0.15, 0.2) is 0 Å². The molecule has 0 aromatic heterocycles. The van der Waals surface area contributed by atoms with Gasteiger partial charge in [-0.15, -0.1) is 0 Å². The summed E-state index contributed by atoms with van der Waals surface area (Å²) in [5.41, 5.74) is 10.9. The number of hydrogen-bond donors (Lipinski definition) is 1. The summed E-state index contributed by atoms with van der Waals surface area (Å²) < 4.78 is 0. The van der Waals surface area contributed by atoms with E-state index in [2.05, 4.69) is 18.2 Å². The predicted octanol–water partition coefficient (Wildman–Crippen LogP) is 2.12. The summed E-state index contributed by atoms with van der Waals surface area (Å²) in [4.78, 5) is 0. The van der Waals surface area contributed by atoms with E-state index in [-0.39, 0.29) is 5.54 Å². The summed E-state index contributed by atoms with van der Waals surface area (Å²) in [6.45, 7) is 0. The van der Waals surface area contributed by atoms with Gasteiger partial charge in [0.25, 0.3) is 0 Å². The average molecular weight is 173 g/mol. The highest BCUT2D eigenvalue weighted by Crippen LogP contribution is 2.45. The van der Waals surface area contributed by atoms with E-state index in [0.717, 1.165) is 0 Å². The first-order chi connectivity index (χ1) is 6.30. The molecule has 0 radical (unpaired) electrons. The summed E-state index contributed by atoms with van der Waals surface area (Å²) in [5.74, 6) is 0. The van der Waals surface area contributed by atoms with Crippen LogP contribution < -0.4 is 5.73 Å². The van der Waals surface area contributed by atoms with Crippen molar-refractivity contribution >= 4 is 0 Å². The topological polar surface area (TPSA) is 26.0 Å². The molecular formula is C12H15N. The highest BCUT2D eigenvalue weighted by atomic mass is 14.8. The van der Waals surface area contributed by atoms with Crippen molar-refractivity contribution in [2.45, 2.75) is 37.6 Å². The number of hydrogen-bond acceptors (Lipinski definition) is 1. The molecule has 0 aliphatic heterocycles. The highest BCUT2D eigenvalue weighted by molar-refractivity contribution is 5.44. The van der Waals surface area contributed by atoms with Crippen LogP contribution in [0.1, 0.15) is 36.0 Å². The van der Waals surface area contributed by atoms with Crippen molar-refractivity contribution in [3.05, 3.63) is 34.9 Å². The molecule has 68 valence electrons. The first-order valence-corrected chi connectivity index (χ1v) is 5.20. The van der Waals surface area contributed by atoms with Gasteiger partial charge in [0, 0.05) is 5.54 Å². The molecule has 2 aliphatic rings. The summed E-state index contributed by atoms with van der Waals surface area (Å²) in [5, 5.41) is 0. The van der Waals surface area contributed by atoms with Crippen LogP contribution in [0, 0.1) is 0 Å². The zero-order valence-electron chi connectivity index (χ0n) is 7.84. The molecular weight excluding hydrogens is 158 g/mol. The van der Waals surface area contributed by atoms with E-state index in [9.17, 15) is 0 Å². The number of fused-ring (bicyclic) bond motifs is 1. The van der Waals surface area contributed by atoms with Crippen LogP contribution in [0.5, 0.6) is 0 Å². The number of benzene rings is 1. The van der Waals surface area contributed by atoms with Crippen LogP contribution in [0.4, 0.5) is 0 Å². The van der Waals surface area contributed by atoms with Crippen molar-refractivity contribution in [3.63, 3.8) is 0 Å². The lowest BCUT2D eigenvalue weighted by molar-refractivity contribution is 0.727. The minimum absolute atomic E-state index is 0.0652. The second-order valence-corrected chi connectivity index (χ2v) is 4.45. The third kappa shape index (κ3) is 1.03. The van der Waals surface area contributed by atoms with E-state index in [1.165, 1.54) is 37.7 Å². The van der Waals surface area contributed by atoms with Gasteiger partial charge in [-0.1, -0.05) is 18.2 Å².